The number of aryl methyl sites for hydroxylation is 2. The van der Waals surface area contributed by atoms with Gasteiger partial charge < -0.3 is 5.32 Å². The van der Waals surface area contributed by atoms with Crippen LogP contribution >= 0.6 is 12.4 Å². The van der Waals surface area contributed by atoms with E-state index in [4.69, 9.17) is 0 Å². The SMILES string of the molecule is Cc1cccc(C)c1CN1CCNC(C)C1.Cl. The Bertz CT molecular complexity index is 345. The van der Waals surface area contributed by atoms with E-state index in [0.29, 0.717) is 6.04 Å². The van der Waals surface area contributed by atoms with Gasteiger partial charge in [0.15, 0.2) is 0 Å². The van der Waals surface area contributed by atoms with Crippen LogP contribution in [0.4, 0.5) is 0 Å². The molecular formula is C14H23ClN2. The average Bonchev–Trinajstić information content (AvgIpc) is 2.24. The van der Waals surface area contributed by atoms with Gasteiger partial charge in [-0.2, -0.15) is 0 Å². The first-order valence-corrected chi connectivity index (χ1v) is 6.17. The summed E-state index contributed by atoms with van der Waals surface area (Å²) in [6.07, 6.45) is 0. The largest absolute Gasteiger partial charge is 0.312 e. The van der Waals surface area contributed by atoms with Crippen molar-refractivity contribution in [1.29, 1.82) is 0 Å². The molecule has 0 saturated carbocycles. The summed E-state index contributed by atoms with van der Waals surface area (Å²) in [4.78, 5) is 2.55. The Morgan fingerprint density at radius 3 is 2.53 bits per heavy atom. The van der Waals surface area contributed by atoms with Crippen LogP contribution in [0.1, 0.15) is 23.6 Å². The molecule has 1 aliphatic rings. The van der Waals surface area contributed by atoms with E-state index >= 15 is 0 Å². The summed E-state index contributed by atoms with van der Waals surface area (Å²) in [5.74, 6) is 0. The van der Waals surface area contributed by atoms with Gasteiger partial charge >= 0.3 is 0 Å². The third kappa shape index (κ3) is 3.70. The fourth-order valence-electron chi connectivity index (χ4n) is 2.48. The molecule has 3 heteroatoms. The van der Waals surface area contributed by atoms with E-state index in [-0.39, 0.29) is 12.4 Å². The smallest absolute Gasteiger partial charge is 0.0240 e. The van der Waals surface area contributed by atoms with Gasteiger partial charge in [-0.05, 0) is 37.5 Å². The lowest BCUT2D eigenvalue weighted by atomic mass is 10.0. The average molecular weight is 255 g/mol. The second-order valence-electron chi connectivity index (χ2n) is 4.96. The minimum atomic E-state index is 0. The molecule has 1 fully saturated rings. The molecule has 2 rings (SSSR count). The van der Waals surface area contributed by atoms with Crippen LogP contribution in [0, 0.1) is 13.8 Å². The number of nitrogens with one attached hydrogen (secondary N) is 1. The van der Waals surface area contributed by atoms with Crippen molar-refractivity contribution in [1.82, 2.24) is 10.2 Å². The molecule has 1 aliphatic heterocycles. The Hall–Kier alpha value is -0.570. The minimum Gasteiger partial charge on any atom is -0.312 e. The van der Waals surface area contributed by atoms with Crippen LogP contribution in [-0.2, 0) is 6.54 Å². The van der Waals surface area contributed by atoms with Crippen LogP contribution in [0.3, 0.4) is 0 Å². The Balaban J connectivity index is 0.00000144. The summed E-state index contributed by atoms with van der Waals surface area (Å²) < 4.78 is 0. The van der Waals surface area contributed by atoms with Crippen LogP contribution in [-0.4, -0.2) is 30.6 Å². The standard InChI is InChI=1S/C14H22N2.ClH/c1-11-5-4-6-12(2)14(11)10-16-8-7-15-13(3)9-16;/h4-6,13,15H,7-10H2,1-3H3;1H. The third-order valence-electron chi connectivity index (χ3n) is 3.48. The molecule has 0 bridgehead atoms. The first-order chi connectivity index (χ1) is 7.66. The van der Waals surface area contributed by atoms with Crippen LogP contribution in [0.15, 0.2) is 18.2 Å². The van der Waals surface area contributed by atoms with Crippen molar-refractivity contribution in [3.63, 3.8) is 0 Å². The van der Waals surface area contributed by atoms with E-state index in [9.17, 15) is 0 Å². The number of benzene rings is 1. The molecule has 0 aromatic heterocycles. The summed E-state index contributed by atoms with van der Waals surface area (Å²) in [5, 5.41) is 3.49. The van der Waals surface area contributed by atoms with Gasteiger partial charge in [0.2, 0.25) is 0 Å². The molecule has 1 aromatic rings. The van der Waals surface area contributed by atoms with Gasteiger partial charge in [0.05, 0.1) is 0 Å². The lowest BCUT2D eigenvalue weighted by Crippen LogP contribution is -2.48. The maximum absolute atomic E-state index is 3.49. The van der Waals surface area contributed by atoms with Crippen molar-refractivity contribution < 1.29 is 0 Å². The highest BCUT2D eigenvalue weighted by molar-refractivity contribution is 5.85. The molecule has 1 aromatic carbocycles. The second-order valence-corrected chi connectivity index (χ2v) is 4.96. The predicted molar refractivity (Wildman–Crippen MR) is 75.9 cm³/mol. The fourth-order valence-corrected chi connectivity index (χ4v) is 2.48. The Labute approximate surface area is 111 Å². The summed E-state index contributed by atoms with van der Waals surface area (Å²) in [7, 11) is 0. The van der Waals surface area contributed by atoms with E-state index in [1.807, 2.05) is 0 Å². The monoisotopic (exact) mass is 254 g/mol. The molecule has 0 radical (unpaired) electrons. The lowest BCUT2D eigenvalue weighted by Gasteiger charge is -2.32. The van der Waals surface area contributed by atoms with Gasteiger partial charge in [-0.15, -0.1) is 12.4 Å². The van der Waals surface area contributed by atoms with Crippen molar-refractivity contribution in [3.8, 4) is 0 Å². The van der Waals surface area contributed by atoms with Crippen LogP contribution in [0.25, 0.3) is 0 Å². The summed E-state index contributed by atoms with van der Waals surface area (Å²) >= 11 is 0. The minimum absolute atomic E-state index is 0. The van der Waals surface area contributed by atoms with Gasteiger partial charge in [0.1, 0.15) is 0 Å². The van der Waals surface area contributed by atoms with Crippen LogP contribution in [0.5, 0.6) is 0 Å². The van der Waals surface area contributed by atoms with Gasteiger partial charge in [-0.3, -0.25) is 4.90 Å². The molecule has 1 N–H and O–H groups in total. The van der Waals surface area contributed by atoms with E-state index in [1.54, 1.807) is 0 Å². The zero-order valence-electron chi connectivity index (χ0n) is 11.0. The molecule has 1 heterocycles. The second kappa shape index (κ2) is 6.39. The van der Waals surface area contributed by atoms with E-state index in [0.717, 1.165) is 26.2 Å². The molecule has 0 aliphatic carbocycles. The zero-order valence-corrected chi connectivity index (χ0v) is 11.8. The van der Waals surface area contributed by atoms with Gasteiger partial charge in [-0.1, -0.05) is 18.2 Å². The number of hydrogen-bond donors (Lipinski definition) is 1. The number of piperazine rings is 1. The lowest BCUT2D eigenvalue weighted by molar-refractivity contribution is 0.199. The summed E-state index contributed by atoms with van der Waals surface area (Å²) in [6, 6.07) is 7.20. The molecule has 0 spiro atoms. The molecule has 2 nitrogen and oxygen atoms in total. The highest BCUT2D eigenvalue weighted by Crippen LogP contribution is 2.16. The van der Waals surface area contributed by atoms with Gasteiger partial charge in [-0.25, -0.2) is 0 Å². The molecular weight excluding hydrogens is 232 g/mol. The maximum Gasteiger partial charge on any atom is 0.0240 e. The van der Waals surface area contributed by atoms with Crippen LogP contribution < -0.4 is 5.32 Å². The van der Waals surface area contributed by atoms with Gasteiger partial charge in [0.25, 0.3) is 0 Å². The number of halogens is 1. The molecule has 1 atom stereocenters. The van der Waals surface area contributed by atoms with Crippen molar-refractivity contribution in [2.75, 3.05) is 19.6 Å². The summed E-state index contributed by atoms with van der Waals surface area (Å²) in [6.45, 7) is 11.2. The Morgan fingerprint density at radius 2 is 1.94 bits per heavy atom. The topological polar surface area (TPSA) is 15.3 Å². The predicted octanol–water partition coefficient (Wildman–Crippen LogP) is 2.52. The van der Waals surface area contributed by atoms with E-state index < -0.39 is 0 Å². The first kappa shape index (κ1) is 14.5. The van der Waals surface area contributed by atoms with Crippen molar-refractivity contribution in [2.24, 2.45) is 0 Å². The number of hydrogen-bond acceptors (Lipinski definition) is 2. The number of nitrogens with zero attached hydrogens (tertiary/aromatic N) is 1. The molecule has 17 heavy (non-hydrogen) atoms. The highest BCUT2D eigenvalue weighted by Gasteiger charge is 2.16. The quantitative estimate of drug-likeness (QED) is 0.873. The van der Waals surface area contributed by atoms with Crippen molar-refractivity contribution in [2.45, 2.75) is 33.4 Å². The van der Waals surface area contributed by atoms with Crippen molar-refractivity contribution >= 4 is 12.4 Å². The van der Waals surface area contributed by atoms with Crippen molar-refractivity contribution in [3.05, 3.63) is 34.9 Å². The van der Waals surface area contributed by atoms with E-state index in [1.165, 1.54) is 16.7 Å². The fraction of sp³-hybridized carbons (Fsp3) is 0.571. The van der Waals surface area contributed by atoms with E-state index in [2.05, 4.69) is 49.2 Å². The molecule has 0 amide bonds. The highest BCUT2D eigenvalue weighted by atomic mass is 35.5. The number of rotatable bonds is 2. The molecule has 1 saturated heterocycles. The van der Waals surface area contributed by atoms with Crippen LogP contribution in [0.2, 0.25) is 0 Å². The summed E-state index contributed by atoms with van der Waals surface area (Å²) in [5.41, 5.74) is 4.36. The Morgan fingerprint density at radius 1 is 1.29 bits per heavy atom. The normalized spacial score (nSPS) is 21.0. The maximum atomic E-state index is 3.49. The molecule has 96 valence electrons. The van der Waals surface area contributed by atoms with Gasteiger partial charge in [0, 0.05) is 32.2 Å². The Kier molecular flexibility index (Phi) is 5.44. The third-order valence-corrected chi connectivity index (χ3v) is 3.48. The first-order valence-electron chi connectivity index (χ1n) is 6.17. The zero-order chi connectivity index (χ0) is 11.5. The molecule has 1 unspecified atom stereocenters.